The Balaban J connectivity index is 1.52. The van der Waals surface area contributed by atoms with Crippen molar-refractivity contribution in [2.75, 3.05) is 11.1 Å². The summed E-state index contributed by atoms with van der Waals surface area (Å²) in [7, 11) is 0. The molecule has 0 aliphatic heterocycles. The van der Waals surface area contributed by atoms with E-state index < -0.39 is 0 Å². The molecule has 0 bridgehead atoms. The van der Waals surface area contributed by atoms with Gasteiger partial charge in [0.15, 0.2) is 0 Å². The molecule has 152 valence electrons. The standard InChI is InChI=1S/C26H26N2OS/c1-18-9-12-22(13-10-18)27-26(29)17-30-25-16-28(24-7-5-4-6-23(24)25)15-21-14-19(2)8-11-20(21)3/h4-14,16H,15,17H2,1-3H3,(H,27,29). The number of amides is 1. The smallest absolute Gasteiger partial charge is 0.234 e. The molecule has 1 amide bonds. The summed E-state index contributed by atoms with van der Waals surface area (Å²) in [4.78, 5) is 13.6. The molecule has 0 fully saturated rings. The zero-order valence-electron chi connectivity index (χ0n) is 17.6. The van der Waals surface area contributed by atoms with E-state index in [2.05, 4.69) is 72.4 Å². The molecule has 0 aliphatic rings. The lowest BCUT2D eigenvalue weighted by atomic mass is 10.1. The van der Waals surface area contributed by atoms with Gasteiger partial charge in [-0.25, -0.2) is 0 Å². The monoisotopic (exact) mass is 414 g/mol. The molecule has 0 radical (unpaired) electrons. The van der Waals surface area contributed by atoms with Crippen molar-refractivity contribution in [3.8, 4) is 0 Å². The molecule has 4 heteroatoms. The summed E-state index contributed by atoms with van der Waals surface area (Å²) in [5.74, 6) is 0.390. The van der Waals surface area contributed by atoms with Crippen molar-refractivity contribution in [3.63, 3.8) is 0 Å². The van der Waals surface area contributed by atoms with Gasteiger partial charge in [-0.15, -0.1) is 11.8 Å². The second-order valence-electron chi connectivity index (χ2n) is 7.77. The maximum Gasteiger partial charge on any atom is 0.234 e. The number of anilines is 1. The largest absolute Gasteiger partial charge is 0.342 e. The van der Waals surface area contributed by atoms with Crippen LogP contribution in [-0.2, 0) is 11.3 Å². The van der Waals surface area contributed by atoms with Crippen LogP contribution in [0.5, 0.6) is 0 Å². The molecule has 0 unspecified atom stereocenters. The minimum absolute atomic E-state index is 0.00946. The van der Waals surface area contributed by atoms with E-state index in [9.17, 15) is 4.79 Å². The van der Waals surface area contributed by atoms with Crippen molar-refractivity contribution in [1.29, 1.82) is 0 Å². The van der Waals surface area contributed by atoms with E-state index in [1.54, 1.807) is 11.8 Å². The fourth-order valence-electron chi connectivity index (χ4n) is 3.59. The number of para-hydroxylation sites is 1. The van der Waals surface area contributed by atoms with Crippen molar-refractivity contribution < 1.29 is 4.79 Å². The van der Waals surface area contributed by atoms with Crippen LogP contribution in [0.25, 0.3) is 10.9 Å². The number of rotatable bonds is 6. The lowest BCUT2D eigenvalue weighted by molar-refractivity contribution is -0.113. The molecule has 1 N–H and O–H groups in total. The third-order valence-electron chi connectivity index (χ3n) is 5.29. The lowest BCUT2D eigenvalue weighted by Gasteiger charge is -2.09. The van der Waals surface area contributed by atoms with Gasteiger partial charge in [-0.1, -0.05) is 59.7 Å². The zero-order valence-corrected chi connectivity index (χ0v) is 18.4. The number of carbonyl (C=O) groups excluding carboxylic acids is 1. The van der Waals surface area contributed by atoms with Gasteiger partial charge in [0.1, 0.15) is 0 Å². The maximum absolute atomic E-state index is 12.4. The van der Waals surface area contributed by atoms with Gasteiger partial charge in [0.25, 0.3) is 0 Å². The van der Waals surface area contributed by atoms with E-state index in [1.807, 2.05) is 31.2 Å². The topological polar surface area (TPSA) is 34.0 Å². The number of benzene rings is 3. The summed E-state index contributed by atoms with van der Waals surface area (Å²) in [5.41, 5.74) is 7.10. The Hall–Kier alpha value is -2.98. The van der Waals surface area contributed by atoms with Gasteiger partial charge in [-0.3, -0.25) is 4.79 Å². The highest BCUT2D eigenvalue weighted by molar-refractivity contribution is 8.00. The van der Waals surface area contributed by atoms with Gasteiger partial charge in [-0.2, -0.15) is 0 Å². The normalized spacial score (nSPS) is 11.0. The van der Waals surface area contributed by atoms with E-state index in [1.165, 1.54) is 33.2 Å². The van der Waals surface area contributed by atoms with Gasteiger partial charge in [-0.05, 0) is 50.1 Å². The van der Waals surface area contributed by atoms with Gasteiger partial charge in [0, 0.05) is 34.2 Å². The molecular formula is C26H26N2OS. The molecular weight excluding hydrogens is 388 g/mol. The maximum atomic E-state index is 12.4. The summed E-state index contributed by atoms with van der Waals surface area (Å²) < 4.78 is 2.29. The van der Waals surface area contributed by atoms with Crippen LogP contribution in [-0.4, -0.2) is 16.2 Å². The van der Waals surface area contributed by atoms with E-state index in [4.69, 9.17) is 0 Å². The molecule has 0 atom stereocenters. The van der Waals surface area contributed by atoms with Crippen LogP contribution in [0, 0.1) is 20.8 Å². The first-order valence-electron chi connectivity index (χ1n) is 10.1. The number of aryl methyl sites for hydroxylation is 3. The fourth-order valence-corrected chi connectivity index (χ4v) is 4.48. The Bertz CT molecular complexity index is 1190. The summed E-state index contributed by atoms with van der Waals surface area (Å²) >= 11 is 1.59. The summed E-state index contributed by atoms with van der Waals surface area (Å²) in [6, 6.07) is 22.9. The molecule has 0 saturated carbocycles. The molecule has 3 aromatic carbocycles. The van der Waals surface area contributed by atoms with Crippen LogP contribution >= 0.6 is 11.8 Å². The Morgan fingerprint density at radius 1 is 0.933 bits per heavy atom. The van der Waals surface area contributed by atoms with Gasteiger partial charge < -0.3 is 9.88 Å². The Morgan fingerprint density at radius 3 is 2.47 bits per heavy atom. The predicted octanol–water partition coefficient (Wildman–Crippen LogP) is 6.35. The summed E-state index contributed by atoms with van der Waals surface area (Å²) in [6.45, 7) is 7.15. The molecule has 1 aromatic heterocycles. The van der Waals surface area contributed by atoms with Crippen LogP contribution < -0.4 is 5.32 Å². The van der Waals surface area contributed by atoms with Crippen molar-refractivity contribution in [2.24, 2.45) is 0 Å². The van der Waals surface area contributed by atoms with E-state index in [0.717, 1.165) is 17.1 Å². The number of carbonyl (C=O) groups is 1. The average molecular weight is 415 g/mol. The Morgan fingerprint density at radius 2 is 1.67 bits per heavy atom. The van der Waals surface area contributed by atoms with Gasteiger partial charge in [0.05, 0.1) is 5.75 Å². The molecule has 1 heterocycles. The van der Waals surface area contributed by atoms with E-state index >= 15 is 0 Å². The lowest BCUT2D eigenvalue weighted by Crippen LogP contribution is -2.13. The van der Waals surface area contributed by atoms with Crippen molar-refractivity contribution in [3.05, 3.63) is 95.2 Å². The fraction of sp³-hybridized carbons (Fsp3) is 0.192. The third-order valence-corrected chi connectivity index (χ3v) is 6.33. The summed E-state index contributed by atoms with van der Waals surface area (Å²) in [6.07, 6.45) is 2.18. The van der Waals surface area contributed by atoms with Crippen molar-refractivity contribution in [2.45, 2.75) is 32.2 Å². The minimum Gasteiger partial charge on any atom is -0.342 e. The van der Waals surface area contributed by atoms with Crippen LogP contribution in [0.4, 0.5) is 5.69 Å². The quantitative estimate of drug-likeness (QED) is 0.373. The van der Waals surface area contributed by atoms with Crippen LogP contribution in [0.2, 0.25) is 0 Å². The zero-order chi connectivity index (χ0) is 21.1. The van der Waals surface area contributed by atoms with Crippen molar-refractivity contribution >= 4 is 34.3 Å². The number of fused-ring (bicyclic) bond motifs is 1. The molecule has 0 saturated heterocycles. The van der Waals surface area contributed by atoms with E-state index in [0.29, 0.717) is 5.75 Å². The number of hydrogen-bond donors (Lipinski definition) is 1. The predicted molar refractivity (Wildman–Crippen MR) is 127 cm³/mol. The highest BCUT2D eigenvalue weighted by atomic mass is 32.2. The molecule has 4 rings (SSSR count). The van der Waals surface area contributed by atoms with Gasteiger partial charge in [0.2, 0.25) is 5.91 Å². The van der Waals surface area contributed by atoms with Crippen molar-refractivity contribution in [1.82, 2.24) is 4.57 Å². The van der Waals surface area contributed by atoms with Crippen LogP contribution in [0.3, 0.4) is 0 Å². The average Bonchev–Trinajstić information content (AvgIpc) is 3.09. The Labute approximate surface area is 182 Å². The third kappa shape index (κ3) is 4.60. The number of hydrogen-bond acceptors (Lipinski definition) is 2. The second-order valence-corrected chi connectivity index (χ2v) is 8.79. The first-order valence-corrected chi connectivity index (χ1v) is 11.1. The minimum atomic E-state index is 0.00946. The number of nitrogens with one attached hydrogen (secondary N) is 1. The molecule has 0 aliphatic carbocycles. The first kappa shape index (κ1) is 20.3. The number of nitrogens with zero attached hydrogens (tertiary/aromatic N) is 1. The Kier molecular flexibility index (Phi) is 5.96. The van der Waals surface area contributed by atoms with Crippen LogP contribution in [0.15, 0.2) is 77.8 Å². The second kappa shape index (κ2) is 8.80. The number of aromatic nitrogens is 1. The van der Waals surface area contributed by atoms with Crippen LogP contribution in [0.1, 0.15) is 22.3 Å². The highest BCUT2D eigenvalue weighted by Gasteiger charge is 2.12. The summed E-state index contributed by atoms with van der Waals surface area (Å²) in [5, 5.41) is 4.17. The molecule has 30 heavy (non-hydrogen) atoms. The number of thioether (sulfide) groups is 1. The van der Waals surface area contributed by atoms with E-state index in [-0.39, 0.29) is 5.91 Å². The molecule has 0 spiro atoms. The molecule has 3 nitrogen and oxygen atoms in total. The SMILES string of the molecule is Cc1ccc(NC(=O)CSc2cn(Cc3cc(C)ccc3C)c3ccccc23)cc1. The first-order chi connectivity index (χ1) is 14.5. The molecule has 4 aromatic rings. The van der Waals surface area contributed by atoms with Gasteiger partial charge >= 0.3 is 0 Å². The highest BCUT2D eigenvalue weighted by Crippen LogP contribution is 2.31.